The fourth-order valence-corrected chi connectivity index (χ4v) is 2.83. The molecule has 4 heteroatoms. The van der Waals surface area contributed by atoms with Gasteiger partial charge in [-0.15, -0.1) is 0 Å². The zero-order valence-corrected chi connectivity index (χ0v) is 12.8. The van der Waals surface area contributed by atoms with E-state index in [1.54, 1.807) is 13.0 Å². The van der Waals surface area contributed by atoms with Gasteiger partial charge in [0, 0.05) is 23.6 Å². The van der Waals surface area contributed by atoms with Crippen LogP contribution in [-0.4, -0.2) is 20.2 Å². The minimum atomic E-state index is -0.247. The molecule has 0 saturated heterocycles. The highest BCUT2D eigenvalue weighted by atomic mass is 19.1. The molecule has 2 aromatic rings. The summed E-state index contributed by atoms with van der Waals surface area (Å²) in [5, 5.41) is 3.18. The maximum Gasteiger partial charge on any atom is 0.135 e. The van der Waals surface area contributed by atoms with Crippen LogP contribution in [0.3, 0.4) is 0 Å². The van der Waals surface area contributed by atoms with Crippen molar-refractivity contribution in [1.82, 2.24) is 5.32 Å². The van der Waals surface area contributed by atoms with Gasteiger partial charge in [0.05, 0.1) is 6.61 Å². The fraction of sp³-hybridized carbons (Fsp3) is 0.333. The largest absolute Gasteiger partial charge is 0.493 e. The summed E-state index contributed by atoms with van der Waals surface area (Å²) in [6.07, 6.45) is -0.155. The molecular formula is C18H20FNO2. The lowest BCUT2D eigenvalue weighted by Gasteiger charge is -2.34. The van der Waals surface area contributed by atoms with Crippen molar-refractivity contribution in [3.05, 3.63) is 59.4 Å². The summed E-state index contributed by atoms with van der Waals surface area (Å²) >= 11 is 0. The summed E-state index contributed by atoms with van der Waals surface area (Å²) in [5.74, 6) is 1.35. The Morgan fingerprint density at radius 3 is 2.86 bits per heavy atom. The summed E-state index contributed by atoms with van der Waals surface area (Å²) < 4.78 is 25.8. The summed E-state index contributed by atoms with van der Waals surface area (Å²) in [7, 11) is 1.91. The number of para-hydroxylation sites is 1. The van der Waals surface area contributed by atoms with Gasteiger partial charge in [-0.3, -0.25) is 0 Å². The van der Waals surface area contributed by atoms with Crippen molar-refractivity contribution in [3.63, 3.8) is 0 Å². The first kappa shape index (κ1) is 14.9. The standard InChI is InChI=1S/C18H20FNO2/c1-12-15(19)7-5-9-16(12)22-18-13(10-20-2)11-21-17-8-4-3-6-14(17)18/h3-9,13,18,20H,10-11H2,1-2H3/t13-,18-/m0/s1. The number of benzene rings is 2. The van der Waals surface area contributed by atoms with Crippen LogP contribution in [0.1, 0.15) is 17.2 Å². The Labute approximate surface area is 130 Å². The van der Waals surface area contributed by atoms with E-state index < -0.39 is 0 Å². The second-order valence-electron chi connectivity index (χ2n) is 5.57. The maximum atomic E-state index is 13.8. The van der Waals surface area contributed by atoms with E-state index in [0.29, 0.717) is 17.9 Å². The average Bonchev–Trinajstić information content (AvgIpc) is 2.54. The van der Waals surface area contributed by atoms with Crippen LogP contribution in [0.15, 0.2) is 42.5 Å². The fourth-order valence-electron chi connectivity index (χ4n) is 2.83. The molecule has 0 bridgehead atoms. The van der Waals surface area contributed by atoms with Crippen LogP contribution >= 0.6 is 0 Å². The van der Waals surface area contributed by atoms with E-state index in [2.05, 4.69) is 5.32 Å². The van der Waals surface area contributed by atoms with Crippen molar-refractivity contribution < 1.29 is 13.9 Å². The van der Waals surface area contributed by atoms with Gasteiger partial charge in [0.25, 0.3) is 0 Å². The van der Waals surface area contributed by atoms with Crippen molar-refractivity contribution in [1.29, 1.82) is 0 Å². The van der Waals surface area contributed by atoms with Crippen LogP contribution < -0.4 is 14.8 Å². The molecule has 1 heterocycles. The Morgan fingerprint density at radius 1 is 1.23 bits per heavy atom. The van der Waals surface area contributed by atoms with Crippen LogP contribution in [0.2, 0.25) is 0 Å². The molecule has 0 aromatic heterocycles. The summed E-state index contributed by atoms with van der Waals surface area (Å²) in [4.78, 5) is 0. The molecular weight excluding hydrogens is 281 g/mol. The number of rotatable bonds is 4. The molecule has 1 aliphatic rings. The van der Waals surface area contributed by atoms with Crippen molar-refractivity contribution >= 4 is 0 Å². The third-order valence-corrected chi connectivity index (χ3v) is 4.04. The molecule has 1 aliphatic heterocycles. The Bertz CT molecular complexity index is 659. The van der Waals surface area contributed by atoms with E-state index in [9.17, 15) is 4.39 Å². The van der Waals surface area contributed by atoms with Gasteiger partial charge in [-0.1, -0.05) is 24.3 Å². The van der Waals surface area contributed by atoms with E-state index in [0.717, 1.165) is 17.9 Å². The van der Waals surface area contributed by atoms with Crippen molar-refractivity contribution in [2.45, 2.75) is 13.0 Å². The van der Waals surface area contributed by atoms with Gasteiger partial charge >= 0.3 is 0 Å². The van der Waals surface area contributed by atoms with Gasteiger partial charge < -0.3 is 14.8 Å². The average molecular weight is 301 g/mol. The first-order chi connectivity index (χ1) is 10.7. The van der Waals surface area contributed by atoms with E-state index in [-0.39, 0.29) is 17.8 Å². The molecule has 0 spiro atoms. The predicted octanol–water partition coefficient (Wildman–Crippen LogP) is 3.48. The zero-order valence-electron chi connectivity index (χ0n) is 12.8. The van der Waals surface area contributed by atoms with Crippen molar-refractivity contribution in [3.8, 4) is 11.5 Å². The molecule has 0 unspecified atom stereocenters. The SMILES string of the molecule is CNC[C@H]1COc2ccccc2[C@H]1Oc1cccc(F)c1C. The molecule has 0 fully saturated rings. The second-order valence-corrected chi connectivity index (χ2v) is 5.57. The predicted molar refractivity (Wildman–Crippen MR) is 83.9 cm³/mol. The topological polar surface area (TPSA) is 30.5 Å². The molecule has 0 radical (unpaired) electrons. The highest BCUT2D eigenvalue weighted by Crippen LogP contribution is 2.39. The third kappa shape index (κ3) is 2.79. The molecule has 0 aliphatic carbocycles. The molecule has 2 atom stereocenters. The Hall–Kier alpha value is -2.07. The summed E-state index contributed by atoms with van der Waals surface area (Å²) in [6, 6.07) is 12.8. The van der Waals surface area contributed by atoms with Gasteiger partial charge in [0.1, 0.15) is 23.4 Å². The quantitative estimate of drug-likeness (QED) is 0.938. The van der Waals surface area contributed by atoms with Crippen LogP contribution in [0, 0.1) is 18.7 Å². The lowest BCUT2D eigenvalue weighted by atomic mass is 9.93. The van der Waals surface area contributed by atoms with Crippen molar-refractivity contribution in [2.24, 2.45) is 5.92 Å². The van der Waals surface area contributed by atoms with E-state index in [1.165, 1.54) is 6.07 Å². The van der Waals surface area contributed by atoms with Crippen LogP contribution in [-0.2, 0) is 0 Å². The molecule has 0 saturated carbocycles. The number of halogens is 1. The zero-order chi connectivity index (χ0) is 15.5. The van der Waals surface area contributed by atoms with Gasteiger partial charge in [0.2, 0.25) is 0 Å². The van der Waals surface area contributed by atoms with E-state index in [4.69, 9.17) is 9.47 Å². The number of nitrogens with one attached hydrogen (secondary N) is 1. The van der Waals surface area contributed by atoms with Crippen molar-refractivity contribution in [2.75, 3.05) is 20.2 Å². The van der Waals surface area contributed by atoms with E-state index >= 15 is 0 Å². The molecule has 2 aromatic carbocycles. The van der Waals surface area contributed by atoms with Gasteiger partial charge in [-0.25, -0.2) is 4.39 Å². The molecule has 0 amide bonds. The Kier molecular flexibility index (Phi) is 4.29. The highest BCUT2D eigenvalue weighted by Gasteiger charge is 2.32. The van der Waals surface area contributed by atoms with Gasteiger partial charge in [0.15, 0.2) is 0 Å². The summed E-state index contributed by atoms with van der Waals surface area (Å²) in [5.41, 5.74) is 1.55. The molecule has 1 N–H and O–H groups in total. The minimum absolute atomic E-state index is 0.155. The number of hydrogen-bond donors (Lipinski definition) is 1. The number of hydrogen-bond acceptors (Lipinski definition) is 3. The van der Waals surface area contributed by atoms with Gasteiger partial charge in [-0.2, -0.15) is 0 Å². The second kappa shape index (κ2) is 6.36. The summed E-state index contributed by atoms with van der Waals surface area (Å²) in [6.45, 7) is 3.09. The minimum Gasteiger partial charge on any atom is -0.493 e. The lowest BCUT2D eigenvalue weighted by molar-refractivity contribution is 0.0696. The molecule has 116 valence electrons. The molecule has 3 rings (SSSR count). The highest BCUT2D eigenvalue weighted by molar-refractivity contribution is 5.40. The number of ether oxygens (including phenoxy) is 2. The van der Waals surface area contributed by atoms with Gasteiger partial charge in [-0.05, 0) is 32.2 Å². The molecule has 22 heavy (non-hydrogen) atoms. The third-order valence-electron chi connectivity index (χ3n) is 4.04. The monoisotopic (exact) mass is 301 g/mol. The maximum absolute atomic E-state index is 13.8. The molecule has 3 nitrogen and oxygen atoms in total. The Morgan fingerprint density at radius 2 is 2.05 bits per heavy atom. The first-order valence-electron chi connectivity index (χ1n) is 7.49. The van der Waals surface area contributed by atoms with E-state index in [1.807, 2.05) is 37.4 Å². The smallest absolute Gasteiger partial charge is 0.135 e. The first-order valence-corrected chi connectivity index (χ1v) is 7.49. The number of fused-ring (bicyclic) bond motifs is 1. The normalized spacial score (nSPS) is 20.1. The van der Waals surface area contributed by atoms with Crippen LogP contribution in [0.4, 0.5) is 4.39 Å². The van der Waals surface area contributed by atoms with Crippen LogP contribution in [0.25, 0.3) is 0 Å². The van der Waals surface area contributed by atoms with Crippen LogP contribution in [0.5, 0.6) is 11.5 Å². The lowest BCUT2D eigenvalue weighted by Crippen LogP contribution is -2.36. The Balaban J connectivity index is 1.95.